The van der Waals surface area contributed by atoms with Gasteiger partial charge in [-0.05, 0) is 42.0 Å². The molecule has 124 valence electrons. The summed E-state index contributed by atoms with van der Waals surface area (Å²) < 4.78 is 5.30. The van der Waals surface area contributed by atoms with E-state index in [4.69, 9.17) is 21.9 Å². The van der Waals surface area contributed by atoms with E-state index in [1.54, 1.807) is 6.26 Å². The quantitative estimate of drug-likeness (QED) is 0.862. The van der Waals surface area contributed by atoms with Crippen molar-refractivity contribution in [2.75, 3.05) is 26.2 Å². The summed E-state index contributed by atoms with van der Waals surface area (Å²) in [6.45, 7) is 5.31. The fourth-order valence-electron chi connectivity index (χ4n) is 2.74. The predicted molar refractivity (Wildman–Crippen MR) is 96.2 cm³/mol. The zero-order valence-electron chi connectivity index (χ0n) is 13.4. The molecule has 1 saturated heterocycles. The molecule has 0 radical (unpaired) electrons. The van der Waals surface area contributed by atoms with Crippen LogP contribution in [0.15, 0.2) is 47.1 Å². The summed E-state index contributed by atoms with van der Waals surface area (Å²) >= 11 is 5.47. The molecular formula is C18H20N4OS. The van der Waals surface area contributed by atoms with E-state index in [-0.39, 0.29) is 0 Å². The largest absolute Gasteiger partial charge is 0.467 e. The topological polar surface area (TPSA) is 55.4 Å². The normalized spacial score (nSPS) is 15.0. The highest BCUT2D eigenvalue weighted by Crippen LogP contribution is 2.10. The van der Waals surface area contributed by atoms with Crippen molar-refractivity contribution >= 4 is 17.3 Å². The minimum absolute atomic E-state index is 0.622. The Morgan fingerprint density at radius 3 is 2.54 bits per heavy atom. The van der Waals surface area contributed by atoms with E-state index in [9.17, 15) is 0 Å². The molecule has 1 N–H and O–H groups in total. The first-order chi connectivity index (χ1) is 11.7. The summed E-state index contributed by atoms with van der Waals surface area (Å²) in [6, 6.07) is 13.8. The third-order valence-electron chi connectivity index (χ3n) is 4.14. The fraction of sp³-hybridized carbons (Fsp3) is 0.333. The van der Waals surface area contributed by atoms with E-state index >= 15 is 0 Å². The minimum atomic E-state index is 0.622. The lowest BCUT2D eigenvalue weighted by Crippen LogP contribution is -2.51. The van der Waals surface area contributed by atoms with Crippen molar-refractivity contribution in [1.82, 2.24) is 15.1 Å². The number of piperazine rings is 1. The molecule has 2 aromatic rings. The van der Waals surface area contributed by atoms with Gasteiger partial charge in [0.1, 0.15) is 5.76 Å². The van der Waals surface area contributed by atoms with Crippen LogP contribution in [0, 0.1) is 11.3 Å². The summed E-state index contributed by atoms with van der Waals surface area (Å²) in [5.74, 6) is 0.886. The number of nitrogens with zero attached hydrogens (tertiary/aromatic N) is 3. The van der Waals surface area contributed by atoms with E-state index in [1.165, 1.54) is 5.56 Å². The number of benzene rings is 1. The Hall–Kier alpha value is -2.36. The van der Waals surface area contributed by atoms with Gasteiger partial charge in [0, 0.05) is 32.7 Å². The van der Waals surface area contributed by atoms with Crippen molar-refractivity contribution in [3.05, 3.63) is 59.5 Å². The molecule has 1 aliphatic heterocycles. The summed E-state index contributed by atoms with van der Waals surface area (Å²) in [7, 11) is 0. The van der Waals surface area contributed by atoms with Gasteiger partial charge in [0.2, 0.25) is 0 Å². The van der Waals surface area contributed by atoms with Crippen molar-refractivity contribution in [3.8, 4) is 6.07 Å². The van der Waals surface area contributed by atoms with Gasteiger partial charge in [-0.2, -0.15) is 5.26 Å². The Kier molecular flexibility index (Phi) is 5.47. The van der Waals surface area contributed by atoms with Crippen LogP contribution in [-0.4, -0.2) is 41.1 Å². The summed E-state index contributed by atoms with van der Waals surface area (Å²) in [5, 5.41) is 12.9. The van der Waals surface area contributed by atoms with Crippen LogP contribution < -0.4 is 5.32 Å². The maximum absolute atomic E-state index is 8.85. The Bertz CT molecular complexity index is 698. The molecule has 0 aliphatic carbocycles. The van der Waals surface area contributed by atoms with Crippen LogP contribution in [0.2, 0.25) is 0 Å². The van der Waals surface area contributed by atoms with Gasteiger partial charge in [0.05, 0.1) is 24.4 Å². The smallest absolute Gasteiger partial charge is 0.169 e. The zero-order chi connectivity index (χ0) is 16.8. The maximum atomic E-state index is 8.85. The molecule has 1 fully saturated rings. The molecule has 0 spiro atoms. The Balaban J connectivity index is 1.43. The van der Waals surface area contributed by atoms with Gasteiger partial charge >= 0.3 is 0 Å². The predicted octanol–water partition coefficient (Wildman–Crippen LogP) is 2.34. The lowest BCUT2D eigenvalue weighted by molar-refractivity contribution is 0.174. The highest BCUT2D eigenvalue weighted by Gasteiger charge is 2.18. The average Bonchev–Trinajstić information content (AvgIpc) is 3.14. The second-order valence-corrected chi connectivity index (χ2v) is 6.20. The van der Waals surface area contributed by atoms with Crippen molar-refractivity contribution in [1.29, 1.82) is 5.26 Å². The number of nitriles is 1. The van der Waals surface area contributed by atoms with Crippen LogP contribution >= 0.6 is 12.2 Å². The minimum Gasteiger partial charge on any atom is -0.467 e. The molecule has 0 atom stereocenters. The van der Waals surface area contributed by atoms with Crippen LogP contribution in [0.1, 0.15) is 16.9 Å². The summed E-state index contributed by atoms with van der Waals surface area (Å²) in [6.07, 6.45) is 1.67. The Labute approximate surface area is 147 Å². The first kappa shape index (κ1) is 16.5. The van der Waals surface area contributed by atoms with Gasteiger partial charge in [-0.15, -0.1) is 0 Å². The molecule has 24 heavy (non-hydrogen) atoms. The molecule has 0 saturated carbocycles. The van der Waals surface area contributed by atoms with E-state index in [0.717, 1.165) is 43.6 Å². The van der Waals surface area contributed by atoms with Crippen LogP contribution in [0.3, 0.4) is 0 Å². The van der Waals surface area contributed by atoms with Crippen molar-refractivity contribution in [2.24, 2.45) is 0 Å². The second-order valence-electron chi connectivity index (χ2n) is 5.81. The number of hydrogen-bond acceptors (Lipinski definition) is 4. The number of thiocarbonyl (C=S) groups is 1. The first-order valence-corrected chi connectivity index (χ1v) is 8.42. The van der Waals surface area contributed by atoms with Crippen LogP contribution in [-0.2, 0) is 13.1 Å². The van der Waals surface area contributed by atoms with E-state index in [2.05, 4.69) is 21.2 Å². The van der Waals surface area contributed by atoms with Crippen LogP contribution in [0.4, 0.5) is 0 Å². The van der Waals surface area contributed by atoms with Crippen LogP contribution in [0.5, 0.6) is 0 Å². The van der Waals surface area contributed by atoms with E-state index in [0.29, 0.717) is 12.1 Å². The second kappa shape index (κ2) is 7.95. The number of hydrogen-bond donors (Lipinski definition) is 1. The molecule has 0 unspecified atom stereocenters. The monoisotopic (exact) mass is 340 g/mol. The highest BCUT2D eigenvalue weighted by atomic mass is 32.1. The van der Waals surface area contributed by atoms with E-state index < -0.39 is 0 Å². The summed E-state index contributed by atoms with van der Waals surface area (Å²) in [4.78, 5) is 4.61. The standard InChI is InChI=1S/C18H20N4OS/c19-12-15-3-5-16(6-4-15)14-21-7-9-22(10-8-21)18(24)20-13-17-2-1-11-23-17/h1-6,11H,7-10,13-14H2,(H,20,24). The molecular weight excluding hydrogens is 320 g/mol. The summed E-state index contributed by atoms with van der Waals surface area (Å²) in [5.41, 5.74) is 1.94. The lowest BCUT2D eigenvalue weighted by Gasteiger charge is -2.36. The molecule has 6 heteroatoms. The lowest BCUT2D eigenvalue weighted by atomic mass is 10.1. The first-order valence-electron chi connectivity index (χ1n) is 8.01. The Morgan fingerprint density at radius 1 is 1.17 bits per heavy atom. The number of nitrogens with one attached hydrogen (secondary N) is 1. The van der Waals surface area contributed by atoms with Crippen molar-refractivity contribution in [2.45, 2.75) is 13.1 Å². The van der Waals surface area contributed by atoms with Crippen molar-refractivity contribution in [3.63, 3.8) is 0 Å². The third kappa shape index (κ3) is 4.34. The van der Waals surface area contributed by atoms with Gasteiger partial charge in [0.25, 0.3) is 0 Å². The van der Waals surface area contributed by atoms with Gasteiger partial charge in [-0.3, -0.25) is 4.90 Å². The highest BCUT2D eigenvalue weighted by molar-refractivity contribution is 7.80. The van der Waals surface area contributed by atoms with Gasteiger partial charge < -0.3 is 14.6 Å². The molecule has 2 heterocycles. The van der Waals surface area contributed by atoms with Gasteiger partial charge in [0.15, 0.2) is 5.11 Å². The van der Waals surface area contributed by atoms with E-state index in [1.807, 2.05) is 36.4 Å². The fourth-order valence-corrected chi connectivity index (χ4v) is 2.99. The number of furan rings is 1. The molecule has 1 aromatic heterocycles. The van der Waals surface area contributed by atoms with Crippen molar-refractivity contribution < 1.29 is 4.42 Å². The average molecular weight is 340 g/mol. The third-order valence-corrected chi connectivity index (χ3v) is 4.55. The maximum Gasteiger partial charge on any atom is 0.169 e. The number of rotatable bonds is 4. The van der Waals surface area contributed by atoms with Gasteiger partial charge in [-0.1, -0.05) is 12.1 Å². The zero-order valence-corrected chi connectivity index (χ0v) is 14.3. The Morgan fingerprint density at radius 2 is 1.92 bits per heavy atom. The van der Waals surface area contributed by atoms with Gasteiger partial charge in [-0.25, -0.2) is 0 Å². The van der Waals surface area contributed by atoms with Crippen LogP contribution in [0.25, 0.3) is 0 Å². The SMILES string of the molecule is N#Cc1ccc(CN2CCN(C(=S)NCc3ccco3)CC2)cc1. The molecule has 1 aliphatic rings. The molecule has 0 amide bonds. The molecule has 1 aromatic carbocycles. The molecule has 5 nitrogen and oxygen atoms in total. The molecule has 0 bridgehead atoms. The molecule has 3 rings (SSSR count).